The molecule has 1 aromatic rings. The summed E-state index contributed by atoms with van der Waals surface area (Å²) in [7, 11) is 1.85. The van der Waals surface area contributed by atoms with E-state index < -0.39 is 11.4 Å². The fourth-order valence-corrected chi connectivity index (χ4v) is 2.76. The molecule has 19 heavy (non-hydrogen) atoms. The normalized spacial score (nSPS) is 14.2. The zero-order valence-electron chi connectivity index (χ0n) is 12.8. The van der Waals surface area contributed by atoms with Crippen molar-refractivity contribution in [1.29, 1.82) is 0 Å². The third-order valence-corrected chi connectivity index (χ3v) is 4.26. The monoisotopic (exact) mass is 263 g/mol. The molecule has 0 aliphatic heterocycles. The molecule has 0 fully saturated rings. The molecular formula is C16H25NO2. The summed E-state index contributed by atoms with van der Waals surface area (Å²) in [6.07, 6.45) is 0.587. The molecule has 0 spiro atoms. The van der Waals surface area contributed by atoms with Gasteiger partial charge in [-0.3, -0.25) is 4.79 Å². The predicted molar refractivity (Wildman–Crippen MR) is 78.9 cm³/mol. The van der Waals surface area contributed by atoms with Crippen LogP contribution in [0.2, 0.25) is 0 Å². The van der Waals surface area contributed by atoms with Gasteiger partial charge in [-0.2, -0.15) is 0 Å². The van der Waals surface area contributed by atoms with E-state index in [1.54, 1.807) is 0 Å². The summed E-state index contributed by atoms with van der Waals surface area (Å²) >= 11 is 0. The maximum atomic E-state index is 11.8. The molecule has 0 saturated carbocycles. The quantitative estimate of drug-likeness (QED) is 0.859. The molecule has 0 aromatic heterocycles. The first kappa shape index (κ1) is 15.7. The lowest BCUT2D eigenvalue weighted by Crippen LogP contribution is -2.37. The third-order valence-electron chi connectivity index (χ3n) is 4.26. The zero-order chi connectivity index (χ0) is 14.8. The Bertz CT molecular complexity index is 468. The van der Waals surface area contributed by atoms with Crippen LogP contribution < -0.4 is 5.32 Å². The molecule has 1 unspecified atom stereocenters. The standard InChI is InChI=1S/C16H25NO2/c1-10-9-11(2)13(4)14(12(10)3)16(5,15(18)19)7-8-17-6/h9,17H,7-8H2,1-6H3,(H,18,19). The van der Waals surface area contributed by atoms with Gasteiger partial charge in [0.05, 0.1) is 5.41 Å². The molecule has 0 bridgehead atoms. The number of carboxylic acid groups (broad SMARTS) is 1. The number of rotatable bonds is 5. The lowest BCUT2D eigenvalue weighted by molar-refractivity contribution is -0.143. The van der Waals surface area contributed by atoms with Crippen molar-refractivity contribution in [2.24, 2.45) is 0 Å². The van der Waals surface area contributed by atoms with E-state index in [0.717, 1.165) is 27.8 Å². The van der Waals surface area contributed by atoms with Gasteiger partial charge in [-0.05, 0) is 82.4 Å². The van der Waals surface area contributed by atoms with Crippen molar-refractivity contribution in [3.05, 3.63) is 33.9 Å². The highest BCUT2D eigenvalue weighted by Gasteiger charge is 2.37. The van der Waals surface area contributed by atoms with Crippen LogP contribution in [0.1, 0.15) is 41.2 Å². The minimum Gasteiger partial charge on any atom is -0.481 e. The van der Waals surface area contributed by atoms with E-state index in [1.807, 2.05) is 41.7 Å². The average molecular weight is 263 g/mol. The fourth-order valence-electron chi connectivity index (χ4n) is 2.76. The van der Waals surface area contributed by atoms with E-state index in [-0.39, 0.29) is 0 Å². The van der Waals surface area contributed by atoms with Crippen LogP contribution in [0.15, 0.2) is 6.07 Å². The van der Waals surface area contributed by atoms with E-state index in [4.69, 9.17) is 0 Å². The summed E-state index contributed by atoms with van der Waals surface area (Å²) < 4.78 is 0. The third kappa shape index (κ3) is 2.81. The minimum absolute atomic E-state index is 0.587. The molecule has 0 aliphatic rings. The van der Waals surface area contributed by atoms with Crippen LogP contribution in [0.5, 0.6) is 0 Å². The first-order valence-electron chi connectivity index (χ1n) is 6.71. The molecule has 3 heteroatoms. The van der Waals surface area contributed by atoms with Crippen LogP contribution >= 0.6 is 0 Å². The van der Waals surface area contributed by atoms with Crippen LogP contribution in [0.25, 0.3) is 0 Å². The van der Waals surface area contributed by atoms with Crippen LogP contribution in [-0.2, 0) is 10.2 Å². The maximum Gasteiger partial charge on any atom is 0.313 e. The topological polar surface area (TPSA) is 49.3 Å². The van der Waals surface area contributed by atoms with E-state index in [0.29, 0.717) is 13.0 Å². The molecule has 0 amide bonds. The number of carbonyl (C=O) groups is 1. The highest BCUT2D eigenvalue weighted by molar-refractivity contribution is 5.82. The molecule has 1 atom stereocenters. The van der Waals surface area contributed by atoms with Gasteiger partial charge in [0, 0.05) is 0 Å². The second kappa shape index (κ2) is 5.74. The lowest BCUT2D eigenvalue weighted by Gasteiger charge is -2.30. The first-order valence-corrected chi connectivity index (χ1v) is 6.71. The van der Waals surface area contributed by atoms with Crippen LogP contribution in [-0.4, -0.2) is 24.7 Å². The Morgan fingerprint density at radius 3 is 2.05 bits per heavy atom. The van der Waals surface area contributed by atoms with Gasteiger partial charge >= 0.3 is 5.97 Å². The molecule has 106 valence electrons. The Hall–Kier alpha value is -1.35. The molecular weight excluding hydrogens is 238 g/mol. The number of nitrogens with one attached hydrogen (secondary N) is 1. The van der Waals surface area contributed by atoms with Gasteiger partial charge in [0.25, 0.3) is 0 Å². The predicted octanol–water partition coefficient (Wildman–Crippen LogP) is 2.87. The van der Waals surface area contributed by atoms with Crippen molar-refractivity contribution in [1.82, 2.24) is 5.32 Å². The summed E-state index contributed by atoms with van der Waals surface area (Å²) in [6, 6.07) is 2.13. The molecule has 1 rings (SSSR count). The zero-order valence-corrected chi connectivity index (χ0v) is 12.8. The minimum atomic E-state index is -0.839. The summed E-state index contributed by atoms with van der Waals surface area (Å²) in [6.45, 7) is 10.7. The summed E-state index contributed by atoms with van der Waals surface area (Å²) in [5, 5.41) is 12.8. The molecule has 0 aliphatic carbocycles. The molecule has 0 saturated heterocycles. The Kier molecular flexibility index (Phi) is 4.75. The summed E-state index contributed by atoms with van der Waals surface area (Å²) in [5.41, 5.74) is 4.67. The van der Waals surface area contributed by atoms with Crippen molar-refractivity contribution >= 4 is 5.97 Å². The Morgan fingerprint density at radius 1 is 1.21 bits per heavy atom. The van der Waals surface area contributed by atoms with Crippen molar-refractivity contribution in [2.75, 3.05) is 13.6 Å². The number of benzene rings is 1. The van der Waals surface area contributed by atoms with Gasteiger partial charge in [-0.1, -0.05) is 6.07 Å². The summed E-state index contributed by atoms with van der Waals surface area (Å²) in [5.74, 6) is -0.751. The van der Waals surface area contributed by atoms with Gasteiger partial charge in [-0.25, -0.2) is 0 Å². The number of carboxylic acids is 1. The Balaban J connectivity index is 3.51. The number of aliphatic carboxylic acids is 1. The number of hydrogen-bond donors (Lipinski definition) is 2. The second-order valence-electron chi connectivity index (χ2n) is 5.63. The van der Waals surface area contributed by atoms with Crippen molar-refractivity contribution in [3.8, 4) is 0 Å². The van der Waals surface area contributed by atoms with Crippen molar-refractivity contribution in [2.45, 2.75) is 46.5 Å². The van der Waals surface area contributed by atoms with Crippen molar-refractivity contribution in [3.63, 3.8) is 0 Å². The molecule has 2 N–H and O–H groups in total. The van der Waals surface area contributed by atoms with Crippen LogP contribution in [0.3, 0.4) is 0 Å². The number of hydrogen-bond acceptors (Lipinski definition) is 2. The average Bonchev–Trinajstić information content (AvgIpc) is 2.34. The maximum absolute atomic E-state index is 11.8. The van der Waals surface area contributed by atoms with Gasteiger partial charge in [0.2, 0.25) is 0 Å². The van der Waals surface area contributed by atoms with Crippen LogP contribution in [0.4, 0.5) is 0 Å². The highest BCUT2D eigenvalue weighted by Crippen LogP contribution is 2.35. The van der Waals surface area contributed by atoms with Gasteiger partial charge < -0.3 is 10.4 Å². The largest absolute Gasteiger partial charge is 0.481 e. The van der Waals surface area contributed by atoms with E-state index in [2.05, 4.69) is 11.4 Å². The van der Waals surface area contributed by atoms with E-state index in [9.17, 15) is 9.90 Å². The molecule has 1 aromatic carbocycles. The number of aryl methyl sites for hydroxylation is 2. The van der Waals surface area contributed by atoms with Gasteiger partial charge in [-0.15, -0.1) is 0 Å². The lowest BCUT2D eigenvalue weighted by atomic mass is 9.73. The smallest absolute Gasteiger partial charge is 0.313 e. The fraction of sp³-hybridized carbons (Fsp3) is 0.562. The Labute approximate surface area is 116 Å². The molecule has 0 heterocycles. The first-order chi connectivity index (χ1) is 8.75. The van der Waals surface area contributed by atoms with Crippen molar-refractivity contribution < 1.29 is 9.90 Å². The Morgan fingerprint density at radius 2 is 1.68 bits per heavy atom. The summed E-state index contributed by atoms with van der Waals surface area (Å²) in [4.78, 5) is 11.8. The highest BCUT2D eigenvalue weighted by atomic mass is 16.4. The van der Waals surface area contributed by atoms with Gasteiger partial charge in [0.1, 0.15) is 0 Å². The van der Waals surface area contributed by atoms with Gasteiger partial charge in [0.15, 0.2) is 0 Å². The second-order valence-corrected chi connectivity index (χ2v) is 5.63. The molecule has 0 radical (unpaired) electrons. The van der Waals surface area contributed by atoms with Crippen LogP contribution in [0, 0.1) is 27.7 Å². The molecule has 3 nitrogen and oxygen atoms in total. The SMILES string of the molecule is CNCCC(C)(C(=O)O)c1c(C)c(C)cc(C)c1C. The van der Waals surface area contributed by atoms with E-state index >= 15 is 0 Å². The van der Waals surface area contributed by atoms with E-state index in [1.165, 1.54) is 0 Å².